The van der Waals surface area contributed by atoms with Crippen LogP contribution in [-0.2, 0) is 42.2 Å². The van der Waals surface area contributed by atoms with Gasteiger partial charge < -0.3 is 29.9 Å². The minimum Gasteiger partial charge on any atom is -0.480 e. The summed E-state index contributed by atoms with van der Waals surface area (Å²) in [5.41, 5.74) is 5.33. The van der Waals surface area contributed by atoms with Crippen LogP contribution in [0.1, 0.15) is 129 Å². The Morgan fingerprint density at radius 1 is 0.607 bits per heavy atom. The average molecular weight is 872 g/mol. The highest BCUT2D eigenvalue weighted by Crippen LogP contribution is 2.43. The molecule has 1 saturated heterocycles. The zero-order valence-corrected chi connectivity index (χ0v) is 37.5. The van der Waals surface area contributed by atoms with Crippen LogP contribution < -0.4 is 5.73 Å². The summed E-state index contributed by atoms with van der Waals surface area (Å²) in [6, 6.07) is -1.55. The van der Waals surface area contributed by atoms with E-state index in [-0.39, 0.29) is 12.8 Å². The second-order valence-corrected chi connectivity index (χ2v) is 15.9. The number of phosphoric acid groups is 1. The van der Waals surface area contributed by atoms with E-state index in [0.29, 0.717) is 37.9 Å². The number of phosphoric ester groups is 1. The van der Waals surface area contributed by atoms with Crippen molar-refractivity contribution in [1.82, 2.24) is 0 Å². The summed E-state index contributed by atoms with van der Waals surface area (Å²) in [6.07, 6.45) is 52.0. The number of ether oxygens (including phenoxy) is 3. The van der Waals surface area contributed by atoms with Crippen molar-refractivity contribution in [3.8, 4) is 0 Å². The van der Waals surface area contributed by atoms with Crippen molar-refractivity contribution in [3.63, 3.8) is 0 Å². The van der Waals surface area contributed by atoms with Crippen LogP contribution in [0.4, 0.5) is 0 Å². The lowest BCUT2D eigenvalue weighted by atomic mass is 10.1. The van der Waals surface area contributed by atoms with Gasteiger partial charge in [0.05, 0.1) is 25.4 Å². The molecule has 61 heavy (non-hydrogen) atoms. The Labute approximate surface area is 365 Å². The van der Waals surface area contributed by atoms with Crippen molar-refractivity contribution in [3.05, 3.63) is 109 Å². The number of unbranched alkanes of at least 4 members (excludes halogenated alkanes) is 4. The molecule has 1 fully saturated rings. The van der Waals surface area contributed by atoms with Gasteiger partial charge >= 0.3 is 25.7 Å². The Hall–Kier alpha value is -3.90. The first-order chi connectivity index (χ1) is 29.6. The summed E-state index contributed by atoms with van der Waals surface area (Å²) in [4.78, 5) is 46.0. The molecule has 1 heterocycles. The third kappa shape index (κ3) is 35.4. The number of epoxide rings is 1. The first kappa shape index (κ1) is 55.1. The highest BCUT2D eigenvalue weighted by Gasteiger charge is 2.36. The summed E-state index contributed by atoms with van der Waals surface area (Å²) in [6.45, 7) is 2.49. The monoisotopic (exact) mass is 871 g/mol. The molecule has 1 rings (SSSR count). The van der Waals surface area contributed by atoms with E-state index in [1.807, 2.05) is 30.4 Å². The van der Waals surface area contributed by atoms with Crippen molar-refractivity contribution in [2.45, 2.75) is 154 Å². The number of carbonyl (C=O) groups is 3. The number of nitrogens with two attached hydrogens (primary N) is 1. The van der Waals surface area contributed by atoms with E-state index in [1.54, 1.807) is 0 Å². The number of aliphatic carboxylic acids is 1. The molecule has 0 aliphatic carbocycles. The molecule has 13 heteroatoms. The van der Waals surface area contributed by atoms with Gasteiger partial charge in [-0.2, -0.15) is 0 Å². The van der Waals surface area contributed by atoms with Gasteiger partial charge in [-0.25, -0.2) is 4.57 Å². The summed E-state index contributed by atoms with van der Waals surface area (Å²) in [7, 11) is -4.76. The first-order valence-electron chi connectivity index (χ1n) is 22.0. The maximum Gasteiger partial charge on any atom is 0.472 e. The summed E-state index contributed by atoms with van der Waals surface area (Å²) < 4.78 is 38.3. The van der Waals surface area contributed by atoms with E-state index >= 15 is 0 Å². The van der Waals surface area contributed by atoms with Gasteiger partial charge in [0.2, 0.25) is 0 Å². The first-order valence-corrected chi connectivity index (χ1v) is 23.5. The maximum atomic E-state index is 12.6. The van der Waals surface area contributed by atoms with Gasteiger partial charge in [-0.15, -0.1) is 0 Å². The number of rotatable bonds is 38. The van der Waals surface area contributed by atoms with Gasteiger partial charge in [0.15, 0.2) is 6.10 Å². The Morgan fingerprint density at radius 2 is 1.08 bits per heavy atom. The molecule has 3 unspecified atom stereocenters. The Morgan fingerprint density at radius 3 is 1.64 bits per heavy atom. The van der Waals surface area contributed by atoms with Crippen LogP contribution in [0.5, 0.6) is 0 Å². The largest absolute Gasteiger partial charge is 0.480 e. The molecule has 0 aromatic heterocycles. The molecule has 342 valence electrons. The zero-order chi connectivity index (χ0) is 44.7. The number of carbonyl (C=O) groups excluding carboxylic acids is 2. The molecule has 0 aromatic rings. The minimum atomic E-state index is -4.76. The standard InChI is InChI=1S/C48H74NO11P/c1-3-5-7-9-11-12-13-14-15-16-17-18-19-20-21-22-25-30-34-38-47(51)59-42(40-57-61(54,55)58-41-43(49)48(52)53)39-56-46(50)37-33-29-26-23-24-28-32-36-45-44(60-45)35-31-27-10-8-6-4-2/h5,7,11-12,14-15,17-18,20-21,23,25-28,30-32,42-45H,3-4,6,8-10,13,16,19,22,24,29,33-41,49H2,1-2H3,(H,52,53)(H,54,55)/b7-5-,12-11-,15-14-,18-17-,21-20-,26-23-,30-25-,31-27-,32-28-/t42-,43+,44?,45?/m1/s1. The predicted molar refractivity (Wildman–Crippen MR) is 244 cm³/mol. The van der Waals surface area contributed by atoms with Crippen LogP contribution in [-0.4, -0.2) is 72.1 Å². The normalized spacial score (nSPS) is 18.0. The Balaban J connectivity index is 2.39. The lowest BCUT2D eigenvalue weighted by Gasteiger charge is -2.20. The van der Waals surface area contributed by atoms with Crippen LogP contribution >= 0.6 is 7.82 Å². The van der Waals surface area contributed by atoms with Crippen LogP contribution in [0.25, 0.3) is 0 Å². The molecule has 4 N–H and O–H groups in total. The quantitative estimate of drug-likeness (QED) is 0.0176. The number of esters is 2. The van der Waals surface area contributed by atoms with E-state index < -0.39 is 57.7 Å². The summed E-state index contributed by atoms with van der Waals surface area (Å²) >= 11 is 0. The summed E-state index contributed by atoms with van der Waals surface area (Å²) in [5, 5.41) is 8.89. The van der Waals surface area contributed by atoms with E-state index in [1.165, 1.54) is 19.3 Å². The van der Waals surface area contributed by atoms with E-state index in [0.717, 1.165) is 57.8 Å². The molecule has 1 aliphatic rings. The number of carboxylic acids is 1. The fraction of sp³-hybridized carbons (Fsp3) is 0.562. The van der Waals surface area contributed by atoms with Crippen molar-refractivity contribution in [2.24, 2.45) is 5.73 Å². The molecule has 0 radical (unpaired) electrons. The topological polar surface area (TPSA) is 184 Å². The third-order valence-corrected chi connectivity index (χ3v) is 9.87. The molecule has 0 amide bonds. The molecule has 12 nitrogen and oxygen atoms in total. The van der Waals surface area contributed by atoms with Gasteiger partial charge in [-0.3, -0.25) is 23.4 Å². The van der Waals surface area contributed by atoms with Crippen molar-refractivity contribution in [1.29, 1.82) is 0 Å². The fourth-order valence-electron chi connectivity index (χ4n) is 5.36. The molecule has 0 aromatic carbocycles. The number of hydrogen-bond acceptors (Lipinski definition) is 10. The fourth-order valence-corrected chi connectivity index (χ4v) is 6.14. The van der Waals surface area contributed by atoms with Gasteiger partial charge in [0.25, 0.3) is 0 Å². The smallest absolute Gasteiger partial charge is 0.472 e. The van der Waals surface area contributed by atoms with Crippen molar-refractivity contribution < 1.29 is 52.2 Å². The second kappa shape index (κ2) is 37.8. The summed E-state index contributed by atoms with van der Waals surface area (Å²) in [5.74, 6) is -2.58. The molecule has 5 atom stereocenters. The molecular formula is C48H74NO11P. The average Bonchev–Trinajstić information content (AvgIpc) is 3.99. The van der Waals surface area contributed by atoms with E-state index in [4.69, 9.17) is 29.6 Å². The van der Waals surface area contributed by atoms with E-state index in [2.05, 4.69) is 97.4 Å². The van der Waals surface area contributed by atoms with Crippen molar-refractivity contribution in [2.75, 3.05) is 19.8 Å². The van der Waals surface area contributed by atoms with Gasteiger partial charge in [0.1, 0.15) is 12.6 Å². The van der Waals surface area contributed by atoms with Crippen molar-refractivity contribution >= 4 is 25.7 Å². The zero-order valence-electron chi connectivity index (χ0n) is 36.6. The van der Waals surface area contributed by atoms with E-state index in [9.17, 15) is 23.8 Å². The third-order valence-electron chi connectivity index (χ3n) is 8.92. The second-order valence-electron chi connectivity index (χ2n) is 14.5. The molecule has 0 saturated carbocycles. The van der Waals surface area contributed by atoms with Crippen LogP contribution in [0.3, 0.4) is 0 Å². The lowest BCUT2D eigenvalue weighted by molar-refractivity contribution is -0.161. The lowest BCUT2D eigenvalue weighted by Crippen LogP contribution is -2.34. The van der Waals surface area contributed by atoms with Gasteiger partial charge in [-0.05, 0) is 89.9 Å². The van der Waals surface area contributed by atoms with Gasteiger partial charge in [-0.1, -0.05) is 136 Å². The van der Waals surface area contributed by atoms with Crippen LogP contribution in [0.2, 0.25) is 0 Å². The number of carboxylic acid groups (broad SMARTS) is 1. The number of hydrogen-bond donors (Lipinski definition) is 3. The predicted octanol–water partition coefficient (Wildman–Crippen LogP) is 10.8. The maximum absolute atomic E-state index is 12.6. The SMILES string of the molecule is CC/C=C\C/C=C\C/C=C\C/C=C\C/C=C\C/C=C\CCC(=O)O[C@H](COC(=O)CCC/C=C\C/C=C\CC1OC1C/C=C\CCCCC)COP(=O)(O)OC[C@H](N)C(=O)O. The number of allylic oxidation sites excluding steroid dienone is 16. The highest BCUT2D eigenvalue weighted by atomic mass is 31.2. The Bertz CT molecular complexity index is 1510. The highest BCUT2D eigenvalue weighted by molar-refractivity contribution is 7.47. The minimum absolute atomic E-state index is 0.0145. The Kier molecular flexibility index (Phi) is 34.2. The molecule has 0 bridgehead atoms. The molecular weight excluding hydrogens is 797 g/mol. The molecule has 0 spiro atoms. The van der Waals surface area contributed by atoms with Gasteiger partial charge in [0, 0.05) is 12.8 Å². The molecule has 1 aliphatic heterocycles. The van der Waals surface area contributed by atoms with Crippen LogP contribution in [0.15, 0.2) is 109 Å². The van der Waals surface area contributed by atoms with Crippen LogP contribution in [0, 0.1) is 0 Å².